The van der Waals surface area contributed by atoms with Gasteiger partial charge in [-0.25, -0.2) is 0 Å². The molecular weight excluding hydrogens is 901 g/mol. The predicted octanol–water partition coefficient (Wildman–Crippen LogP) is -0.764. The van der Waals surface area contributed by atoms with E-state index >= 15 is 0 Å². The number of carbonyl (C=O) groups is 2. The van der Waals surface area contributed by atoms with E-state index in [2.05, 4.69) is 35.4 Å². The van der Waals surface area contributed by atoms with Gasteiger partial charge in [-0.1, -0.05) is 0 Å². The molecular formula is C38H65B3N10O13S2. The fraction of sp³-hybridized carbons (Fsp3) is 0.579. The third kappa shape index (κ3) is 20.2. The van der Waals surface area contributed by atoms with Gasteiger partial charge >= 0.3 is 291 Å². The van der Waals surface area contributed by atoms with Crippen LogP contribution in [0.1, 0.15) is 59.1 Å². The van der Waals surface area contributed by atoms with E-state index in [4.69, 9.17) is 30.9 Å². The second kappa shape index (κ2) is 30.9. The van der Waals surface area contributed by atoms with E-state index in [-0.39, 0.29) is 60.0 Å². The van der Waals surface area contributed by atoms with Crippen LogP contribution in [0.15, 0.2) is 31.9 Å². The molecule has 0 saturated heterocycles. The van der Waals surface area contributed by atoms with Crippen molar-refractivity contribution in [1.29, 1.82) is 0 Å². The Balaban J connectivity index is 0.00000116. The van der Waals surface area contributed by atoms with E-state index < -0.39 is 38.1 Å². The maximum atomic E-state index is 12.9. The summed E-state index contributed by atoms with van der Waals surface area (Å²) in [4.78, 5) is 36.4. The van der Waals surface area contributed by atoms with Crippen LogP contribution < -0.4 is 46.3 Å². The number of guanidine groups is 2. The van der Waals surface area contributed by atoms with Gasteiger partial charge in [0.1, 0.15) is 11.5 Å². The molecule has 0 heterocycles. The van der Waals surface area contributed by atoms with Crippen LogP contribution in [0.4, 0.5) is 0 Å². The van der Waals surface area contributed by atoms with Gasteiger partial charge in [-0.3, -0.25) is 0 Å². The number of methoxy groups -OCH3 is 2. The fourth-order valence-corrected chi connectivity index (χ4v) is 9.09. The molecule has 0 aliphatic carbocycles. The van der Waals surface area contributed by atoms with Crippen LogP contribution in [-0.2, 0) is 48.6 Å². The molecule has 0 saturated carbocycles. The Bertz CT molecular complexity index is 2240. The third-order valence-electron chi connectivity index (χ3n) is 9.64. The first-order valence-corrected chi connectivity index (χ1v) is 23.3. The number of carbonyl (C=O) groups excluding carboxylic acids is 1. The number of ether oxygens (including phenoxy) is 2. The Morgan fingerprint density at radius 1 is 0.697 bits per heavy atom. The molecule has 10 N–H and O–H groups in total. The number of nitrogens with zero attached hydrogens (tertiary/aromatic N) is 3. The number of likely N-dealkylation sites (N-methyl/N-ethyl adjacent to an activating group) is 1. The van der Waals surface area contributed by atoms with E-state index in [1.807, 2.05) is 0 Å². The van der Waals surface area contributed by atoms with Gasteiger partial charge < -0.3 is 9.47 Å². The van der Waals surface area contributed by atoms with Crippen LogP contribution in [0.2, 0.25) is 0 Å². The molecule has 0 aromatic heterocycles. The molecule has 23 nitrogen and oxygen atoms in total. The minimum absolute atomic E-state index is 0.0130. The van der Waals surface area contributed by atoms with Gasteiger partial charge in [-0.15, -0.1) is 0 Å². The molecule has 0 radical (unpaired) electrons. The number of amides is 1. The number of hydroxylamine groups is 2. The van der Waals surface area contributed by atoms with Crippen molar-refractivity contribution in [3.63, 3.8) is 0 Å². The standard InChI is InChI=1S/C19H32BN5O6S.C17H27BN4O6S.C2H6BNO/c1-12-10-16(30-5)13(2)14(3)17(12)32(28,29)24-19(21)22-9-7-8-15(23-11-20-27)18(26)25(4)31-6;1-10-8-14(28-4)11(2)12(3)15(10)29(26,27)22-17(19)20-7-5-6-13(16(23)24)21-9-18-25;1-4-2-3-5/h10,15,23H,7-9,11H2,1-6H3,(H3,21,22,24);8,13,21H,5-7,9H2,1-4H3,(H,23,24)(H3,19,20,22);4H,2H2,1H3/t15-;13-;/m11./s1. The molecule has 2 aromatic carbocycles. The summed E-state index contributed by atoms with van der Waals surface area (Å²) >= 11 is 0. The number of carboxylic acid groups (broad SMARTS) is 1. The minimum Gasteiger partial charge on any atom is -0.0380 e. The zero-order valence-corrected chi connectivity index (χ0v) is 41.2. The Morgan fingerprint density at radius 3 is 1.39 bits per heavy atom. The van der Waals surface area contributed by atoms with Gasteiger partial charge in [0.25, 0.3) is 0 Å². The summed E-state index contributed by atoms with van der Waals surface area (Å²) in [6.45, 7) is 10.6. The summed E-state index contributed by atoms with van der Waals surface area (Å²) in [5.41, 5.74) is 15.1. The van der Waals surface area contributed by atoms with Crippen LogP contribution in [0.3, 0.4) is 0 Å². The van der Waals surface area contributed by atoms with Crippen molar-refractivity contribution in [1.82, 2.24) is 30.5 Å². The maximum absolute atomic E-state index is 12.9. The molecule has 28 heteroatoms. The molecule has 0 unspecified atom stereocenters. The van der Waals surface area contributed by atoms with Crippen LogP contribution >= 0.6 is 0 Å². The average Bonchev–Trinajstić information content (AvgIpc) is 3.25. The molecule has 0 aliphatic heterocycles. The number of hydrogen-bond acceptors (Lipinski definition) is 17. The Kier molecular flexibility index (Phi) is 28.5. The van der Waals surface area contributed by atoms with Crippen LogP contribution in [-0.4, -0.2) is 152 Å². The quantitative estimate of drug-likeness (QED) is 0.0199. The molecule has 366 valence electrons. The topological polar surface area (TPSA) is 342 Å². The molecule has 0 aliphatic rings. The van der Waals surface area contributed by atoms with Crippen molar-refractivity contribution in [2.45, 2.75) is 89.1 Å². The van der Waals surface area contributed by atoms with E-state index in [0.717, 1.165) is 12.2 Å². The van der Waals surface area contributed by atoms with Crippen LogP contribution in [0.25, 0.3) is 0 Å². The normalized spacial score (nSPS) is 12.3. The number of carboxylic acids is 1. The molecule has 2 rings (SSSR count). The van der Waals surface area contributed by atoms with E-state index in [9.17, 15) is 40.5 Å². The first-order chi connectivity index (χ1) is 31.0. The van der Waals surface area contributed by atoms with Crippen molar-refractivity contribution in [2.24, 2.45) is 21.5 Å². The number of sulfonamides is 2. The molecule has 2 aromatic rings. The Morgan fingerprint density at radius 2 is 1.08 bits per heavy atom. The molecule has 1 amide bonds. The van der Waals surface area contributed by atoms with Gasteiger partial charge in [0.2, 0.25) is 0 Å². The van der Waals surface area contributed by atoms with E-state index in [1.54, 1.807) is 60.7 Å². The number of aliphatic imine (C=N–C) groups is 2. The molecule has 66 heavy (non-hydrogen) atoms. The van der Waals surface area contributed by atoms with Gasteiger partial charge in [0.15, 0.2) is 0 Å². The first-order valence-electron chi connectivity index (χ1n) is 20.4. The fourth-order valence-electron chi connectivity index (χ4n) is 6.12. The van der Waals surface area contributed by atoms with E-state index in [1.165, 1.54) is 28.4 Å². The summed E-state index contributed by atoms with van der Waals surface area (Å²) in [5.74, 6) is -0.762. The summed E-state index contributed by atoms with van der Waals surface area (Å²) in [6.07, 6.45) is 1.72. The molecule has 2 atom stereocenters. The number of nitrogens with two attached hydrogens (primary N) is 2. The SMILES string of the molecule is CNCB=O.COc1cc(C)c(S(=O)(=O)NC(N)=NCCC[C@@H](NCB=O)C(=O)N(C)OC)c(C)c1C.COc1cc(C)c(S(=O)(=O)NC(N)=NCCC[C@@H](NCB=O)C(=O)O)c(C)c1C. The van der Waals surface area contributed by atoms with Crippen molar-refractivity contribution in [2.75, 3.05) is 67.8 Å². The number of benzene rings is 2. The van der Waals surface area contributed by atoms with Crippen LogP contribution in [0.5, 0.6) is 11.5 Å². The summed E-state index contributed by atoms with van der Waals surface area (Å²) in [6, 6.07) is 1.76. The second-order valence-corrected chi connectivity index (χ2v) is 17.6. The van der Waals surface area contributed by atoms with Gasteiger partial charge in [0, 0.05) is 0 Å². The molecule has 0 bridgehead atoms. The monoisotopic (exact) mass is 966 g/mol. The van der Waals surface area contributed by atoms with Crippen molar-refractivity contribution < 1.29 is 60.0 Å². The van der Waals surface area contributed by atoms with Crippen LogP contribution in [0, 0.1) is 41.5 Å². The Hall–Kier alpha value is -5.15. The number of aliphatic carboxylic acids is 1. The van der Waals surface area contributed by atoms with E-state index in [0.29, 0.717) is 84.9 Å². The second-order valence-electron chi connectivity index (χ2n) is 14.3. The average molecular weight is 967 g/mol. The predicted molar refractivity (Wildman–Crippen MR) is 251 cm³/mol. The Labute approximate surface area is 389 Å². The van der Waals surface area contributed by atoms with Gasteiger partial charge in [-0.05, 0) is 64.8 Å². The minimum atomic E-state index is -3.95. The van der Waals surface area contributed by atoms with Gasteiger partial charge in [-0.2, -0.15) is 0 Å². The van der Waals surface area contributed by atoms with Gasteiger partial charge in [0.05, 0.1) is 14.2 Å². The summed E-state index contributed by atoms with van der Waals surface area (Å²) < 4.78 is 96.6. The summed E-state index contributed by atoms with van der Waals surface area (Å²) in [5, 5.41) is 18.2. The molecule has 0 fully saturated rings. The summed E-state index contributed by atoms with van der Waals surface area (Å²) in [7, 11) is 1.74. The first kappa shape index (κ1) is 60.9. The third-order valence-corrected chi connectivity index (χ3v) is 12.9. The smallest absolute Gasteiger partial charge is 0.0380 e. The number of rotatable bonds is 25. The number of hydrogen-bond donors (Lipinski definition) is 8. The zero-order chi connectivity index (χ0) is 50.8. The number of nitrogens with one attached hydrogen (secondary N) is 5. The molecule has 0 spiro atoms. The van der Waals surface area contributed by atoms with Crippen molar-refractivity contribution in [3.8, 4) is 11.5 Å². The van der Waals surface area contributed by atoms with Crippen molar-refractivity contribution >= 4 is 65.3 Å². The van der Waals surface area contributed by atoms with Crippen molar-refractivity contribution in [3.05, 3.63) is 45.5 Å². The zero-order valence-electron chi connectivity index (χ0n) is 39.6. The number of aryl methyl sites for hydroxylation is 2.